The van der Waals surface area contributed by atoms with E-state index in [2.05, 4.69) is 15.4 Å². The summed E-state index contributed by atoms with van der Waals surface area (Å²) in [6, 6.07) is 18.6. The number of sulfone groups is 1. The summed E-state index contributed by atoms with van der Waals surface area (Å²) in [4.78, 5) is 15.9. The van der Waals surface area contributed by atoms with Crippen LogP contribution < -0.4 is 0 Å². The number of rotatable bonds is 6. The SMILES string of the molecule is O=C(Cn1nnc(-c2ccccc2)n1)N(Cc1ccccc1)C1CCS(=O)(=O)C1. The Bertz CT molecular complexity index is 1080. The molecule has 150 valence electrons. The molecule has 2 aromatic carbocycles. The molecule has 0 aliphatic carbocycles. The Morgan fingerprint density at radius 1 is 1.07 bits per heavy atom. The lowest BCUT2D eigenvalue weighted by atomic mass is 10.1. The molecule has 0 radical (unpaired) electrons. The third-order valence-corrected chi connectivity index (χ3v) is 6.68. The molecule has 1 aliphatic heterocycles. The van der Waals surface area contributed by atoms with Crippen molar-refractivity contribution in [3.63, 3.8) is 0 Å². The number of hydrogen-bond donors (Lipinski definition) is 0. The molecule has 1 fully saturated rings. The number of carbonyl (C=O) groups is 1. The molecule has 3 aromatic rings. The average Bonchev–Trinajstić information content (AvgIpc) is 3.33. The Balaban J connectivity index is 1.53. The molecule has 1 saturated heterocycles. The maximum atomic E-state index is 13.1. The molecule has 29 heavy (non-hydrogen) atoms. The molecule has 1 aliphatic rings. The van der Waals surface area contributed by atoms with Crippen LogP contribution in [-0.4, -0.2) is 57.0 Å². The van der Waals surface area contributed by atoms with Crippen LogP contribution in [0.2, 0.25) is 0 Å². The standard InChI is InChI=1S/C20H21N5O3S/c26-19(14-25-22-20(21-23-25)17-9-5-2-6-10-17)24(13-16-7-3-1-4-8-16)18-11-12-29(27,28)15-18/h1-10,18H,11-15H2. The minimum atomic E-state index is -3.12. The van der Waals surface area contributed by atoms with Gasteiger partial charge in [-0.25, -0.2) is 8.42 Å². The highest BCUT2D eigenvalue weighted by molar-refractivity contribution is 7.91. The van der Waals surface area contributed by atoms with Gasteiger partial charge in [-0.15, -0.1) is 10.2 Å². The van der Waals surface area contributed by atoms with E-state index in [1.54, 1.807) is 4.90 Å². The molecule has 0 saturated carbocycles. The zero-order valence-electron chi connectivity index (χ0n) is 15.8. The van der Waals surface area contributed by atoms with E-state index in [0.717, 1.165) is 11.1 Å². The van der Waals surface area contributed by atoms with E-state index < -0.39 is 9.84 Å². The highest BCUT2D eigenvalue weighted by Crippen LogP contribution is 2.21. The van der Waals surface area contributed by atoms with Crippen molar-refractivity contribution in [1.29, 1.82) is 0 Å². The van der Waals surface area contributed by atoms with Gasteiger partial charge in [0.25, 0.3) is 0 Å². The van der Waals surface area contributed by atoms with Gasteiger partial charge < -0.3 is 4.90 Å². The Hall–Kier alpha value is -3.07. The number of tetrazole rings is 1. The maximum Gasteiger partial charge on any atom is 0.246 e. The normalized spacial score (nSPS) is 17.9. The van der Waals surface area contributed by atoms with Crippen LogP contribution in [0.3, 0.4) is 0 Å². The molecule has 0 spiro atoms. The first-order chi connectivity index (χ1) is 14.0. The van der Waals surface area contributed by atoms with Crippen LogP contribution in [0, 0.1) is 0 Å². The van der Waals surface area contributed by atoms with E-state index in [-0.39, 0.29) is 30.0 Å². The summed E-state index contributed by atoms with van der Waals surface area (Å²) in [5, 5.41) is 12.3. The van der Waals surface area contributed by atoms with Gasteiger partial charge in [0, 0.05) is 18.2 Å². The molecule has 9 heteroatoms. The first-order valence-corrected chi connectivity index (χ1v) is 11.2. The molecule has 0 bridgehead atoms. The molecule has 1 amide bonds. The molecular formula is C20H21N5O3S. The molecule has 4 rings (SSSR count). The number of aromatic nitrogens is 4. The van der Waals surface area contributed by atoms with Crippen LogP contribution in [-0.2, 0) is 27.7 Å². The third kappa shape index (κ3) is 4.68. The third-order valence-electron chi connectivity index (χ3n) is 4.93. The average molecular weight is 411 g/mol. The van der Waals surface area contributed by atoms with Crippen molar-refractivity contribution in [2.45, 2.75) is 25.6 Å². The van der Waals surface area contributed by atoms with Crippen molar-refractivity contribution < 1.29 is 13.2 Å². The summed E-state index contributed by atoms with van der Waals surface area (Å²) in [6.45, 7) is 0.253. The van der Waals surface area contributed by atoms with Crippen molar-refractivity contribution in [2.24, 2.45) is 0 Å². The topological polar surface area (TPSA) is 98.1 Å². The fraction of sp³-hybridized carbons (Fsp3) is 0.300. The summed E-state index contributed by atoms with van der Waals surface area (Å²) in [7, 11) is -3.12. The van der Waals surface area contributed by atoms with E-state index in [0.29, 0.717) is 18.8 Å². The molecule has 2 heterocycles. The zero-order chi connectivity index (χ0) is 20.3. The smallest absolute Gasteiger partial charge is 0.246 e. The number of hydrogen-bond acceptors (Lipinski definition) is 6. The Kier molecular flexibility index (Phi) is 5.39. The van der Waals surface area contributed by atoms with Crippen molar-refractivity contribution >= 4 is 15.7 Å². The Morgan fingerprint density at radius 3 is 2.41 bits per heavy atom. The Labute approximate surface area is 169 Å². The van der Waals surface area contributed by atoms with Crippen molar-refractivity contribution in [1.82, 2.24) is 25.1 Å². The summed E-state index contributed by atoms with van der Waals surface area (Å²) in [6.07, 6.45) is 0.445. The Morgan fingerprint density at radius 2 is 1.76 bits per heavy atom. The van der Waals surface area contributed by atoms with Crippen molar-refractivity contribution in [2.75, 3.05) is 11.5 Å². The number of nitrogens with zero attached hydrogens (tertiary/aromatic N) is 5. The first kappa shape index (κ1) is 19.3. The van der Waals surface area contributed by atoms with Crippen LogP contribution in [0.5, 0.6) is 0 Å². The van der Waals surface area contributed by atoms with E-state index in [9.17, 15) is 13.2 Å². The molecule has 0 N–H and O–H groups in total. The van der Waals surface area contributed by atoms with E-state index >= 15 is 0 Å². The summed E-state index contributed by atoms with van der Waals surface area (Å²) < 4.78 is 23.9. The van der Waals surface area contributed by atoms with Crippen molar-refractivity contribution in [3.8, 4) is 11.4 Å². The predicted molar refractivity (Wildman–Crippen MR) is 107 cm³/mol. The van der Waals surface area contributed by atoms with Gasteiger partial charge in [0.05, 0.1) is 11.5 Å². The highest BCUT2D eigenvalue weighted by atomic mass is 32.2. The maximum absolute atomic E-state index is 13.1. The number of amides is 1. The lowest BCUT2D eigenvalue weighted by molar-refractivity contribution is -0.134. The zero-order valence-corrected chi connectivity index (χ0v) is 16.6. The largest absolute Gasteiger partial charge is 0.333 e. The minimum absolute atomic E-state index is 0.00831. The minimum Gasteiger partial charge on any atom is -0.333 e. The second-order valence-corrected chi connectivity index (χ2v) is 9.30. The van der Waals surface area contributed by atoms with Gasteiger partial charge in [-0.1, -0.05) is 60.7 Å². The van der Waals surface area contributed by atoms with Gasteiger partial charge in [0.1, 0.15) is 6.54 Å². The fourth-order valence-electron chi connectivity index (χ4n) is 3.45. The van der Waals surface area contributed by atoms with Gasteiger partial charge in [0.2, 0.25) is 11.7 Å². The lowest BCUT2D eigenvalue weighted by Gasteiger charge is -2.28. The van der Waals surface area contributed by atoms with Gasteiger partial charge in [-0.3, -0.25) is 4.79 Å². The molecule has 1 atom stereocenters. The predicted octanol–water partition coefficient (Wildman–Crippen LogP) is 1.56. The van der Waals surface area contributed by atoms with Gasteiger partial charge in [0.15, 0.2) is 9.84 Å². The molecule has 1 aromatic heterocycles. The number of carbonyl (C=O) groups excluding carboxylic acids is 1. The van der Waals surface area contributed by atoms with Gasteiger partial charge >= 0.3 is 0 Å². The van der Waals surface area contributed by atoms with Gasteiger partial charge in [-0.2, -0.15) is 4.80 Å². The van der Waals surface area contributed by atoms with E-state index in [1.807, 2.05) is 60.7 Å². The summed E-state index contributed by atoms with van der Waals surface area (Å²) in [5.74, 6) is 0.311. The van der Waals surface area contributed by atoms with Crippen molar-refractivity contribution in [3.05, 3.63) is 66.2 Å². The lowest BCUT2D eigenvalue weighted by Crippen LogP contribution is -2.42. The summed E-state index contributed by atoms with van der Waals surface area (Å²) in [5.41, 5.74) is 1.76. The quantitative estimate of drug-likeness (QED) is 0.610. The van der Waals surface area contributed by atoms with E-state index in [1.165, 1.54) is 4.80 Å². The van der Waals surface area contributed by atoms with E-state index in [4.69, 9.17) is 0 Å². The number of benzene rings is 2. The highest BCUT2D eigenvalue weighted by Gasteiger charge is 2.35. The molecule has 1 unspecified atom stereocenters. The van der Waals surface area contributed by atoms with Crippen LogP contribution >= 0.6 is 0 Å². The summed E-state index contributed by atoms with van der Waals surface area (Å²) >= 11 is 0. The van der Waals surface area contributed by atoms with Crippen LogP contribution in [0.15, 0.2) is 60.7 Å². The fourth-order valence-corrected chi connectivity index (χ4v) is 5.18. The first-order valence-electron chi connectivity index (χ1n) is 9.37. The second-order valence-electron chi connectivity index (χ2n) is 7.07. The van der Waals surface area contributed by atoms with Gasteiger partial charge in [-0.05, 0) is 17.2 Å². The van der Waals surface area contributed by atoms with Crippen LogP contribution in [0.1, 0.15) is 12.0 Å². The van der Waals surface area contributed by atoms with Crippen LogP contribution in [0.25, 0.3) is 11.4 Å². The monoisotopic (exact) mass is 411 g/mol. The second kappa shape index (κ2) is 8.12. The molecular weight excluding hydrogens is 390 g/mol. The molecule has 8 nitrogen and oxygen atoms in total. The van der Waals surface area contributed by atoms with Crippen LogP contribution in [0.4, 0.5) is 0 Å².